The maximum atomic E-state index is 12.5. The van der Waals surface area contributed by atoms with Crippen LogP contribution in [-0.4, -0.2) is 42.3 Å². The smallest absolute Gasteiger partial charge is 0.251 e. The minimum absolute atomic E-state index is 0.00603. The van der Waals surface area contributed by atoms with Gasteiger partial charge >= 0.3 is 0 Å². The van der Waals surface area contributed by atoms with Crippen molar-refractivity contribution >= 4 is 38.4 Å². The van der Waals surface area contributed by atoms with Crippen molar-refractivity contribution < 1.29 is 13.2 Å². The van der Waals surface area contributed by atoms with Crippen molar-refractivity contribution in [3.63, 3.8) is 0 Å². The number of thioether (sulfide) groups is 1. The molecular weight excluding hydrogens is 394 g/mol. The van der Waals surface area contributed by atoms with Crippen LogP contribution in [0, 0.1) is 6.92 Å². The third-order valence-electron chi connectivity index (χ3n) is 4.77. The van der Waals surface area contributed by atoms with Crippen molar-refractivity contribution in [3.05, 3.63) is 65.2 Å². The Labute approximate surface area is 168 Å². The molecule has 2 aliphatic heterocycles. The lowest BCUT2D eigenvalue weighted by atomic mass is 10.1. The van der Waals surface area contributed by atoms with Gasteiger partial charge in [-0.05, 0) is 30.7 Å². The molecular formula is C20H21N3O3S2. The Morgan fingerprint density at radius 3 is 2.71 bits per heavy atom. The molecule has 2 heterocycles. The molecule has 2 aromatic carbocycles. The van der Waals surface area contributed by atoms with Gasteiger partial charge in [0.15, 0.2) is 15.0 Å². The van der Waals surface area contributed by atoms with Gasteiger partial charge in [0, 0.05) is 23.0 Å². The number of aliphatic imine (C=N–C) groups is 1. The van der Waals surface area contributed by atoms with Crippen molar-refractivity contribution in [2.24, 2.45) is 4.99 Å². The van der Waals surface area contributed by atoms with E-state index in [-0.39, 0.29) is 28.7 Å². The highest BCUT2D eigenvalue weighted by Crippen LogP contribution is 2.34. The van der Waals surface area contributed by atoms with E-state index >= 15 is 0 Å². The van der Waals surface area contributed by atoms with Gasteiger partial charge in [-0.3, -0.25) is 9.79 Å². The molecule has 8 heteroatoms. The van der Waals surface area contributed by atoms with Crippen molar-refractivity contribution in [2.45, 2.75) is 24.8 Å². The van der Waals surface area contributed by atoms with Crippen LogP contribution in [0.1, 0.15) is 21.5 Å². The van der Waals surface area contributed by atoms with Crippen LogP contribution in [0.15, 0.2) is 53.5 Å². The Kier molecular flexibility index (Phi) is 5.16. The minimum Gasteiger partial charge on any atom is -0.348 e. The van der Waals surface area contributed by atoms with Crippen LogP contribution < -0.4 is 10.6 Å². The molecule has 2 N–H and O–H groups in total. The number of anilines is 1. The number of nitrogens with one attached hydrogen (secondary N) is 2. The summed E-state index contributed by atoms with van der Waals surface area (Å²) in [6.45, 7) is 2.50. The van der Waals surface area contributed by atoms with Crippen molar-refractivity contribution in [1.82, 2.24) is 5.32 Å². The molecule has 6 nitrogen and oxygen atoms in total. The van der Waals surface area contributed by atoms with Gasteiger partial charge in [-0.1, -0.05) is 47.7 Å². The zero-order chi connectivity index (χ0) is 19.7. The number of amides is 1. The number of benzene rings is 2. The predicted molar refractivity (Wildman–Crippen MR) is 114 cm³/mol. The highest BCUT2D eigenvalue weighted by molar-refractivity contribution is 8.15. The summed E-state index contributed by atoms with van der Waals surface area (Å²) in [7, 11) is -2.96. The summed E-state index contributed by atoms with van der Waals surface area (Å²) in [6.07, 6.45) is 0. The van der Waals surface area contributed by atoms with Gasteiger partial charge in [-0.25, -0.2) is 8.42 Å². The first-order valence-electron chi connectivity index (χ1n) is 9.04. The van der Waals surface area contributed by atoms with E-state index in [1.54, 1.807) is 12.1 Å². The SMILES string of the molecule is Cc1ccc(CNC(=O)c2cccc(NC3=N[C@@H]4CS(=O)(=O)C[C@@H]4S3)c2)cc1. The minimum atomic E-state index is -2.96. The molecule has 0 radical (unpaired) electrons. The van der Waals surface area contributed by atoms with Crippen LogP contribution in [-0.2, 0) is 16.4 Å². The summed E-state index contributed by atoms with van der Waals surface area (Å²) in [4.78, 5) is 17.0. The van der Waals surface area contributed by atoms with E-state index in [1.807, 2.05) is 43.3 Å². The fourth-order valence-corrected chi connectivity index (χ4v) is 6.94. The van der Waals surface area contributed by atoms with E-state index < -0.39 is 9.84 Å². The molecule has 2 aromatic rings. The predicted octanol–water partition coefficient (Wildman–Crippen LogP) is 2.61. The molecule has 0 saturated carbocycles. The van der Waals surface area contributed by atoms with Crippen LogP contribution >= 0.6 is 11.8 Å². The molecule has 4 rings (SSSR count). The van der Waals surface area contributed by atoms with E-state index in [0.717, 1.165) is 11.3 Å². The Bertz CT molecular complexity index is 1030. The van der Waals surface area contributed by atoms with Crippen LogP contribution in [0.5, 0.6) is 0 Å². The number of amidine groups is 1. The molecule has 0 spiro atoms. The second-order valence-electron chi connectivity index (χ2n) is 7.11. The lowest BCUT2D eigenvalue weighted by molar-refractivity contribution is 0.0951. The summed E-state index contributed by atoms with van der Waals surface area (Å²) in [6, 6.07) is 15.1. The number of carbonyl (C=O) groups excluding carboxylic acids is 1. The zero-order valence-electron chi connectivity index (χ0n) is 15.4. The fraction of sp³-hybridized carbons (Fsp3) is 0.300. The molecule has 146 valence electrons. The maximum Gasteiger partial charge on any atom is 0.251 e. The Balaban J connectivity index is 1.38. The lowest BCUT2D eigenvalue weighted by Gasteiger charge is -2.09. The number of aryl methyl sites for hydroxylation is 1. The molecule has 1 amide bonds. The van der Waals surface area contributed by atoms with Gasteiger partial charge in [0.1, 0.15) is 0 Å². The van der Waals surface area contributed by atoms with Gasteiger partial charge in [-0.2, -0.15) is 0 Å². The maximum absolute atomic E-state index is 12.5. The van der Waals surface area contributed by atoms with Gasteiger partial charge in [0.05, 0.1) is 17.5 Å². The van der Waals surface area contributed by atoms with Gasteiger partial charge in [0.2, 0.25) is 0 Å². The number of rotatable bonds is 4. The average Bonchev–Trinajstić information content (AvgIpc) is 3.13. The second-order valence-corrected chi connectivity index (χ2v) is 10.5. The van der Waals surface area contributed by atoms with Crippen molar-refractivity contribution in [3.8, 4) is 0 Å². The standard InChI is InChI=1S/C20H21N3O3S2/c1-13-5-7-14(8-6-13)10-21-19(24)15-3-2-4-16(9-15)22-20-23-17-11-28(25,26)12-18(17)27-20/h2-9,17-18H,10-12H2,1H3,(H,21,24)(H,22,23)/t17-,18+/m1/s1. The van der Waals surface area contributed by atoms with Crippen LogP contribution in [0.25, 0.3) is 0 Å². The highest BCUT2D eigenvalue weighted by Gasteiger charge is 2.42. The van der Waals surface area contributed by atoms with E-state index in [1.165, 1.54) is 17.3 Å². The first kappa shape index (κ1) is 19.0. The molecule has 28 heavy (non-hydrogen) atoms. The molecule has 1 fully saturated rings. The summed E-state index contributed by atoms with van der Waals surface area (Å²) < 4.78 is 23.3. The zero-order valence-corrected chi connectivity index (χ0v) is 17.0. The molecule has 0 aliphatic carbocycles. The Morgan fingerprint density at radius 2 is 1.96 bits per heavy atom. The number of nitrogens with zero attached hydrogens (tertiary/aromatic N) is 1. The summed E-state index contributed by atoms with van der Waals surface area (Å²) >= 11 is 1.46. The Hall–Kier alpha value is -2.32. The summed E-state index contributed by atoms with van der Waals surface area (Å²) in [5.74, 6) is 0.156. The number of hydrogen-bond donors (Lipinski definition) is 2. The molecule has 0 bridgehead atoms. The monoisotopic (exact) mass is 415 g/mol. The molecule has 2 aliphatic rings. The van der Waals surface area contributed by atoms with Gasteiger partial charge in [-0.15, -0.1) is 0 Å². The molecule has 0 aromatic heterocycles. The number of fused-ring (bicyclic) bond motifs is 1. The highest BCUT2D eigenvalue weighted by atomic mass is 32.2. The Morgan fingerprint density at radius 1 is 1.18 bits per heavy atom. The van der Waals surface area contributed by atoms with Crippen LogP contribution in [0.3, 0.4) is 0 Å². The second kappa shape index (κ2) is 7.60. The molecule has 0 unspecified atom stereocenters. The largest absolute Gasteiger partial charge is 0.348 e. The summed E-state index contributed by atoms with van der Waals surface area (Å²) in [5.41, 5.74) is 3.55. The van der Waals surface area contributed by atoms with Crippen LogP contribution in [0.2, 0.25) is 0 Å². The van der Waals surface area contributed by atoms with Gasteiger partial charge < -0.3 is 10.6 Å². The lowest BCUT2D eigenvalue weighted by Crippen LogP contribution is -2.23. The van der Waals surface area contributed by atoms with E-state index in [2.05, 4.69) is 15.6 Å². The fourth-order valence-electron chi connectivity index (χ4n) is 3.27. The van der Waals surface area contributed by atoms with Crippen molar-refractivity contribution in [2.75, 3.05) is 16.8 Å². The average molecular weight is 416 g/mol. The van der Waals surface area contributed by atoms with E-state index in [9.17, 15) is 13.2 Å². The molecule has 2 atom stereocenters. The topological polar surface area (TPSA) is 87.6 Å². The molecule has 1 saturated heterocycles. The normalized spacial score (nSPS) is 22.4. The van der Waals surface area contributed by atoms with Crippen molar-refractivity contribution in [1.29, 1.82) is 0 Å². The third kappa shape index (κ3) is 4.39. The first-order chi connectivity index (χ1) is 13.4. The van der Waals surface area contributed by atoms with Crippen LogP contribution in [0.4, 0.5) is 5.69 Å². The third-order valence-corrected chi connectivity index (χ3v) is 7.91. The van der Waals surface area contributed by atoms with E-state index in [0.29, 0.717) is 17.3 Å². The van der Waals surface area contributed by atoms with E-state index in [4.69, 9.17) is 0 Å². The number of carbonyl (C=O) groups is 1. The first-order valence-corrected chi connectivity index (χ1v) is 11.7. The number of hydrogen-bond acceptors (Lipinski definition) is 6. The quantitative estimate of drug-likeness (QED) is 0.802. The summed E-state index contributed by atoms with van der Waals surface area (Å²) in [5, 5.41) is 6.84. The van der Waals surface area contributed by atoms with Gasteiger partial charge in [0.25, 0.3) is 5.91 Å². The number of sulfone groups is 1.